The van der Waals surface area contributed by atoms with Gasteiger partial charge in [-0.15, -0.1) is 0 Å². The van der Waals surface area contributed by atoms with E-state index >= 15 is 0 Å². The van der Waals surface area contributed by atoms with Gasteiger partial charge in [-0.25, -0.2) is 9.13 Å². The van der Waals surface area contributed by atoms with Gasteiger partial charge in [-0.3, -0.25) is 37.3 Å². The van der Waals surface area contributed by atoms with Gasteiger partial charge in [0.2, 0.25) is 0 Å². The minimum Gasteiger partial charge on any atom is -0.462 e. The Morgan fingerprint density at radius 2 is 0.505 bits per heavy atom. The molecule has 0 heterocycles. The van der Waals surface area contributed by atoms with Gasteiger partial charge in [-0.1, -0.05) is 331 Å². The molecule has 17 nitrogen and oxygen atoms in total. The van der Waals surface area contributed by atoms with Gasteiger partial charge in [0.15, 0.2) is 12.2 Å². The van der Waals surface area contributed by atoms with Crippen LogP contribution < -0.4 is 0 Å². The minimum atomic E-state index is -4.96. The Balaban J connectivity index is 5.24. The first kappa shape index (κ1) is 93.1. The van der Waals surface area contributed by atoms with Crippen LogP contribution >= 0.6 is 15.6 Å². The van der Waals surface area contributed by atoms with Crippen molar-refractivity contribution in [2.45, 2.75) is 401 Å². The Hall–Kier alpha value is -1.94. The zero-order valence-electron chi connectivity index (χ0n) is 62.3. The molecule has 0 spiro atoms. The van der Waals surface area contributed by atoms with Gasteiger partial charge in [0.25, 0.3) is 0 Å². The van der Waals surface area contributed by atoms with Gasteiger partial charge in [0.1, 0.15) is 19.3 Å². The lowest BCUT2D eigenvalue weighted by Crippen LogP contribution is -2.30. The van der Waals surface area contributed by atoms with Crippen LogP contribution in [0.3, 0.4) is 0 Å². The molecule has 19 heteroatoms. The molecule has 0 saturated carbocycles. The third-order valence-corrected chi connectivity index (χ3v) is 19.8. The Morgan fingerprint density at radius 3 is 0.747 bits per heavy atom. The van der Waals surface area contributed by atoms with Gasteiger partial charge >= 0.3 is 39.5 Å². The third kappa shape index (κ3) is 69.0. The van der Waals surface area contributed by atoms with Crippen molar-refractivity contribution in [2.75, 3.05) is 39.6 Å². The number of hydrogen-bond donors (Lipinski definition) is 3. The third-order valence-electron chi connectivity index (χ3n) is 17.9. The van der Waals surface area contributed by atoms with Crippen LogP contribution in [-0.4, -0.2) is 96.7 Å². The van der Waals surface area contributed by atoms with Gasteiger partial charge in [0.05, 0.1) is 26.4 Å². The van der Waals surface area contributed by atoms with E-state index < -0.39 is 97.5 Å². The summed E-state index contributed by atoms with van der Waals surface area (Å²) in [6, 6.07) is 0. The van der Waals surface area contributed by atoms with Crippen molar-refractivity contribution in [2.24, 2.45) is 23.7 Å². The molecule has 0 aliphatic rings. The smallest absolute Gasteiger partial charge is 0.462 e. The maximum atomic E-state index is 13.1. The fourth-order valence-electron chi connectivity index (χ4n) is 11.5. The van der Waals surface area contributed by atoms with E-state index in [1.165, 1.54) is 180 Å². The molecule has 3 unspecified atom stereocenters. The second-order valence-corrected chi connectivity index (χ2v) is 32.0. The summed E-state index contributed by atoms with van der Waals surface area (Å²) in [5, 5.41) is 10.6. The number of carbonyl (C=O) groups excluding carboxylic acids is 4. The highest BCUT2D eigenvalue weighted by molar-refractivity contribution is 7.47. The predicted octanol–water partition coefficient (Wildman–Crippen LogP) is 22.0. The Labute approximate surface area is 581 Å². The number of phosphoric acid groups is 2. The summed E-state index contributed by atoms with van der Waals surface area (Å²) in [5.74, 6) is 0.932. The van der Waals surface area contributed by atoms with Crippen LogP contribution in [0, 0.1) is 23.7 Å². The van der Waals surface area contributed by atoms with Crippen LogP contribution in [0.15, 0.2) is 0 Å². The predicted molar refractivity (Wildman–Crippen MR) is 386 cm³/mol. The molecule has 0 bridgehead atoms. The van der Waals surface area contributed by atoms with Crippen molar-refractivity contribution in [3.8, 4) is 0 Å². The van der Waals surface area contributed by atoms with Gasteiger partial charge in [-0.05, 0) is 49.4 Å². The molecule has 95 heavy (non-hydrogen) atoms. The SMILES string of the molecule is CCC(C)CCCCCCCCC(=O)OC[C@H](COP(=O)(O)OC[C@H](O)COP(=O)(O)OC[C@@H](COC(=O)CCCCCCCCCCCC(C)C)OC(=O)CCCCCCCCCCCCCCCCCC(C)C)OC(=O)CCCCCCCCCCCCCCC(C)C. The largest absolute Gasteiger partial charge is 0.472 e. The van der Waals surface area contributed by atoms with Crippen molar-refractivity contribution in [1.29, 1.82) is 0 Å². The normalized spacial score (nSPS) is 14.4. The molecule has 0 fully saturated rings. The summed E-state index contributed by atoms with van der Waals surface area (Å²) in [5.41, 5.74) is 0. The molecule has 0 saturated heterocycles. The van der Waals surface area contributed by atoms with E-state index in [4.69, 9.17) is 37.0 Å². The highest BCUT2D eigenvalue weighted by Crippen LogP contribution is 2.45. The summed E-state index contributed by atoms with van der Waals surface area (Å²) >= 11 is 0. The fourth-order valence-corrected chi connectivity index (χ4v) is 13.1. The van der Waals surface area contributed by atoms with E-state index in [2.05, 4.69) is 55.4 Å². The van der Waals surface area contributed by atoms with Crippen molar-refractivity contribution in [3.63, 3.8) is 0 Å². The van der Waals surface area contributed by atoms with Crippen molar-refractivity contribution < 1.29 is 80.2 Å². The summed E-state index contributed by atoms with van der Waals surface area (Å²) in [6.45, 7) is 14.2. The Kier molecular flexibility index (Phi) is 64.0. The highest BCUT2D eigenvalue weighted by Gasteiger charge is 2.30. The zero-order valence-corrected chi connectivity index (χ0v) is 64.1. The van der Waals surface area contributed by atoms with Crippen LogP contribution in [0.1, 0.15) is 383 Å². The number of phosphoric ester groups is 2. The standard InChI is InChI=1S/C76H148O17P2/c1-9-69(8)55-47-39-34-35-41-49-57-74(79)87-63-72(93-76(81)59-51-43-33-26-20-16-15-18-23-29-37-45-53-67(4)5)65-91-95(84,85)89-61-70(77)60-88-94(82,83)90-64-71(62-86-73(78)56-48-40-31-27-21-24-30-38-46-54-68(6)7)92-75(80)58-50-42-32-25-19-14-12-10-11-13-17-22-28-36-44-52-66(2)3/h66-72,77H,9-65H2,1-8H3,(H,82,83)(H,84,85)/t69?,70-,71-,72-/m1/s1. The second-order valence-electron chi connectivity index (χ2n) is 29.1. The molecule has 0 aromatic heterocycles. The number of unbranched alkanes of at least 4 members (excludes halogenated alkanes) is 38. The van der Waals surface area contributed by atoms with E-state index in [-0.39, 0.29) is 25.7 Å². The summed E-state index contributed by atoms with van der Waals surface area (Å²) < 4.78 is 68.5. The van der Waals surface area contributed by atoms with E-state index in [1.54, 1.807) is 0 Å². The Morgan fingerprint density at radius 1 is 0.295 bits per heavy atom. The zero-order chi connectivity index (χ0) is 70.3. The van der Waals surface area contributed by atoms with E-state index in [1.807, 2.05) is 0 Å². The number of carbonyl (C=O) groups is 4. The molecule has 0 aliphatic carbocycles. The Bertz CT molecular complexity index is 1870. The highest BCUT2D eigenvalue weighted by atomic mass is 31.2. The van der Waals surface area contributed by atoms with Gasteiger partial charge < -0.3 is 33.8 Å². The number of hydrogen-bond acceptors (Lipinski definition) is 15. The molecular formula is C76H148O17P2. The number of rotatable bonds is 73. The fraction of sp³-hybridized carbons (Fsp3) is 0.947. The van der Waals surface area contributed by atoms with Gasteiger partial charge in [-0.2, -0.15) is 0 Å². The lowest BCUT2D eigenvalue weighted by Gasteiger charge is -2.21. The first-order valence-electron chi connectivity index (χ1n) is 39.2. The molecule has 6 atom stereocenters. The first-order valence-corrected chi connectivity index (χ1v) is 42.2. The van der Waals surface area contributed by atoms with E-state index in [9.17, 15) is 43.2 Å². The van der Waals surface area contributed by atoms with Crippen molar-refractivity contribution in [1.82, 2.24) is 0 Å². The molecule has 564 valence electrons. The van der Waals surface area contributed by atoms with Crippen molar-refractivity contribution in [3.05, 3.63) is 0 Å². The number of esters is 4. The first-order chi connectivity index (χ1) is 45.6. The average Bonchev–Trinajstić information content (AvgIpc) is 2.48. The molecule has 3 N–H and O–H groups in total. The van der Waals surface area contributed by atoms with Crippen LogP contribution in [0.2, 0.25) is 0 Å². The minimum absolute atomic E-state index is 0.106. The molecule has 0 amide bonds. The van der Waals surface area contributed by atoms with Crippen LogP contribution in [-0.2, 0) is 65.4 Å². The van der Waals surface area contributed by atoms with E-state index in [0.717, 1.165) is 120 Å². The topological polar surface area (TPSA) is 237 Å². The average molecular weight is 1400 g/mol. The lowest BCUT2D eigenvalue weighted by atomic mass is 10.00. The van der Waals surface area contributed by atoms with Crippen LogP contribution in [0.25, 0.3) is 0 Å². The maximum Gasteiger partial charge on any atom is 0.472 e. The quantitative estimate of drug-likeness (QED) is 0.0222. The molecule has 0 aromatic carbocycles. The van der Waals surface area contributed by atoms with Crippen molar-refractivity contribution >= 4 is 39.5 Å². The lowest BCUT2D eigenvalue weighted by molar-refractivity contribution is -0.161. The number of aliphatic hydroxyl groups excluding tert-OH is 1. The molecule has 0 rings (SSSR count). The molecule has 0 aliphatic heterocycles. The molecule has 0 radical (unpaired) electrons. The van der Waals surface area contributed by atoms with Crippen LogP contribution in [0.5, 0.6) is 0 Å². The number of aliphatic hydroxyl groups is 1. The number of ether oxygens (including phenoxy) is 4. The summed E-state index contributed by atoms with van der Waals surface area (Å²) in [4.78, 5) is 72.8. The molecule has 0 aromatic rings. The van der Waals surface area contributed by atoms with Crippen LogP contribution in [0.4, 0.5) is 0 Å². The van der Waals surface area contributed by atoms with E-state index in [0.29, 0.717) is 25.7 Å². The summed E-state index contributed by atoms with van der Waals surface area (Å²) in [6.07, 6.45) is 50.0. The second kappa shape index (κ2) is 65.4. The van der Waals surface area contributed by atoms with Gasteiger partial charge in [0, 0.05) is 25.7 Å². The molecular weight excluding hydrogens is 1250 g/mol. The monoisotopic (exact) mass is 1400 g/mol. The summed E-state index contributed by atoms with van der Waals surface area (Å²) in [7, 11) is -9.91. The maximum absolute atomic E-state index is 13.1.